The Labute approximate surface area is 81.2 Å². The Hall–Kier alpha value is -0.603. The van der Waals surface area contributed by atoms with Gasteiger partial charge >= 0.3 is 0 Å². The van der Waals surface area contributed by atoms with Gasteiger partial charge in [-0.2, -0.15) is 0 Å². The Balaban J connectivity index is 2.09. The lowest BCUT2D eigenvalue weighted by molar-refractivity contribution is 1.07. The standard InChI is InChI=1S/C11H17NSi/c1-13(2,3)11-10(12-11)9-7-5-4-6-8-9/h4-8,10-12H,1-3H3/t10-,11-/m0/s1. The van der Waals surface area contributed by atoms with E-state index in [1.807, 2.05) is 0 Å². The molecule has 0 unspecified atom stereocenters. The van der Waals surface area contributed by atoms with Crippen LogP contribution in [0.5, 0.6) is 0 Å². The van der Waals surface area contributed by atoms with E-state index in [9.17, 15) is 0 Å². The van der Waals surface area contributed by atoms with Crippen LogP contribution in [0.2, 0.25) is 19.6 Å². The number of benzene rings is 1. The lowest BCUT2D eigenvalue weighted by atomic mass is 10.2. The predicted molar refractivity (Wildman–Crippen MR) is 59.5 cm³/mol. The predicted octanol–water partition coefficient (Wildman–Crippen LogP) is 2.58. The molecule has 0 spiro atoms. The minimum absolute atomic E-state index is 0.646. The summed E-state index contributed by atoms with van der Waals surface area (Å²) >= 11 is 0. The van der Waals surface area contributed by atoms with E-state index in [1.54, 1.807) is 0 Å². The Morgan fingerprint density at radius 3 is 2.15 bits per heavy atom. The van der Waals surface area contributed by atoms with E-state index in [0.717, 1.165) is 5.67 Å². The summed E-state index contributed by atoms with van der Waals surface area (Å²) in [6, 6.07) is 11.4. The maximum absolute atomic E-state index is 3.59. The second kappa shape index (κ2) is 2.96. The van der Waals surface area contributed by atoms with Crippen molar-refractivity contribution in [2.24, 2.45) is 0 Å². The van der Waals surface area contributed by atoms with Gasteiger partial charge in [-0.25, -0.2) is 0 Å². The summed E-state index contributed by atoms with van der Waals surface area (Å²) in [6.07, 6.45) is 0. The van der Waals surface area contributed by atoms with E-state index in [4.69, 9.17) is 0 Å². The Kier molecular flexibility index (Phi) is 2.04. The molecule has 1 N–H and O–H groups in total. The summed E-state index contributed by atoms with van der Waals surface area (Å²) in [7, 11) is -0.980. The summed E-state index contributed by atoms with van der Waals surface area (Å²) in [6.45, 7) is 7.27. The van der Waals surface area contributed by atoms with Crippen LogP contribution in [0.3, 0.4) is 0 Å². The van der Waals surface area contributed by atoms with E-state index in [0.29, 0.717) is 6.04 Å². The SMILES string of the molecule is C[Si](C)(C)[C@@H]1N[C@H]1c1ccccc1. The molecule has 0 aromatic heterocycles. The highest BCUT2D eigenvalue weighted by molar-refractivity contribution is 6.78. The molecule has 1 aliphatic heterocycles. The van der Waals surface area contributed by atoms with Crippen molar-refractivity contribution >= 4 is 8.07 Å². The molecule has 2 atom stereocenters. The average Bonchev–Trinajstić information content (AvgIpc) is 2.83. The van der Waals surface area contributed by atoms with Crippen LogP contribution in [0.25, 0.3) is 0 Å². The van der Waals surface area contributed by atoms with Crippen LogP contribution in [0, 0.1) is 0 Å². The highest BCUT2D eigenvalue weighted by Gasteiger charge is 2.46. The molecule has 0 aliphatic carbocycles. The second-order valence-corrected chi connectivity index (χ2v) is 10.3. The lowest BCUT2D eigenvalue weighted by Crippen LogP contribution is -2.30. The molecule has 1 saturated heterocycles. The van der Waals surface area contributed by atoms with Crippen LogP contribution in [-0.4, -0.2) is 13.7 Å². The molecule has 1 aliphatic rings. The van der Waals surface area contributed by atoms with Crippen LogP contribution in [0.1, 0.15) is 11.6 Å². The quantitative estimate of drug-likeness (QED) is 0.563. The molecule has 0 radical (unpaired) electrons. The Morgan fingerprint density at radius 1 is 1.08 bits per heavy atom. The van der Waals surface area contributed by atoms with E-state index >= 15 is 0 Å². The zero-order chi connectivity index (χ0) is 9.47. The molecule has 1 nitrogen and oxygen atoms in total. The van der Waals surface area contributed by atoms with Gasteiger partial charge in [0.15, 0.2) is 0 Å². The maximum Gasteiger partial charge on any atom is 0.0659 e. The molecule has 0 saturated carbocycles. The van der Waals surface area contributed by atoms with Crippen molar-refractivity contribution in [1.29, 1.82) is 0 Å². The molecule has 13 heavy (non-hydrogen) atoms. The van der Waals surface area contributed by atoms with Gasteiger partial charge in [0.25, 0.3) is 0 Å². The van der Waals surface area contributed by atoms with Crippen molar-refractivity contribution in [3.63, 3.8) is 0 Å². The molecular weight excluding hydrogens is 174 g/mol. The van der Waals surface area contributed by atoms with Crippen LogP contribution in [0.15, 0.2) is 30.3 Å². The van der Waals surface area contributed by atoms with Crippen molar-refractivity contribution < 1.29 is 0 Å². The summed E-state index contributed by atoms with van der Waals surface area (Å²) in [5, 5.41) is 3.59. The van der Waals surface area contributed by atoms with Crippen molar-refractivity contribution in [2.75, 3.05) is 0 Å². The molecule has 1 aromatic carbocycles. The topological polar surface area (TPSA) is 21.9 Å². The van der Waals surface area contributed by atoms with Crippen LogP contribution >= 0.6 is 0 Å². The first-order valence-corrected chi connectivity index (χ1v) is 8.48. The van der Waals surface area contributed by atoms with E-state index < -0.39 is 8.07 Å². The van der Waals surface area contributed by atoms with Gasteiger partial charge in [0.1, 0.15) is 0 Å². The van der Waals surface area contributed by atoms with Crippen LogP contribution in [0.4, 0.5) is 0 Å². The van der Waals surface area contributed by atoms with Gasteiger partial charge < -0.3 is 5.32 Å². The molecule has 1 heterocycles. The molecule has 0 bridgehead atoms. The molecule has 2 heteroatoms. The normalized spacial score (nSPS) is 27.3. The first-order valence-electron chi connectivity index (χ1n) is 4.90. The number of hydrogen-bond acceptors (Lipinski definition) is 1. The Morgan fingerprint density at radius 2 is 1.69 bits per heavy atom. The minimum atomic E-state index is -0.980. The van der Waals surface area contributed by atoms with Crippen molar-refractivity contribution in [1.82, 2.24) is 5.32 Å². The molecular formula is C11H17NSi. The zero-order valence-electron chi connectivity index (χ0n) is 8.54. The summed E-state index contributed by atoms with van der Waals surface area (Å²) in [4.78, 5) is 0. The molecule has 2 rings (SSSR count). The zero-order valence-corrected chi connectivity index (χ0v) is 9.54. The average molecular weight is 191 g/mol. The number of hydrogen-bond donors (Lipinski definition) is 1. The maximum atomic E-state index is 3.59. The van der Waals surface area contributed by atoms with E-state index in [2.05, 4.69) is 55.3 Å². The second-order valence-electron chi connectivity index (χ2n) is 4.90. The van der Waals surface area contributed by atoms with Gasteiger partial charge in [0.2, 0.25) is 0 Å². The van der Waals surface area contributed by atoms with Crippen molar-refractivity contribution in [3.8, 4) is 0 Å². The van der Waals surface area contributed by atoms with E-state index in [-0.39, 0.29) is 0 Å². The molecule has 0 amide bonds. The van der Waals surface area contributed by atoms with Crippen molar-refractivity contribution in [3.05, 3.63) is 35.9 Å². The molecule has 1 aromatic rings. The van der Waals surface area contributed by atoms with Gasteiger partial charge in [-0.15, -0.1) is 0 Å². The number of nitrogens with one attached hydrogen (secondary N) is 1. The third-order valence-corrected chi connectivity index (χ3v) is 5.04. The minimum Gasteiger partial charge on any atom is -0.307 e. The van der Waals surface area contributed by atoms with Gasteiger partial charge in [-0.3, -0.25) is 0 Å². The van der Waals surface area contributed by atoms with Crippen molar-refractivity contribution in [2.45, 2.75) is 31.3 Å². The van der Waals surface area contributed by atoms with Crippen LogP contribution in [-0.2, 0) is 0 Å². The first kappa shape index (κ1) is 8.97. The molecule has 1 fully saturated rings. The molecule has 70 valence electrons. The van der Waals surface area contributed by atoms with Gasteiger partial charge in [0.05, 0.1) is 8.07 Å². The third kappa shape index (κ3) is 1.84. The number of rotatable bonds is 2. The largest absolute Gasteiger partial charge is 0.307 e. The highest BCUT2D eigenvalue weighted by Crippen LogP contribution is 2.35. The first-order chi connectivity index (χ1) is 6.09. The monoisotopic (exact) mass is 191 g/mol. The van der Waals surface area contributed by atoms with E-state index in [1.165, 1.54) is 5.56 Å². The smallest absolute Gasteiger partial charge is 0.0659 e. The lowest BCUT2D eigenvalue weighted by Gasteiger charge is -2.13. The third-order valence-electron chi connectivity index (χ3n) is 2.68. The van der Waals surface area contributed by atoms with Gasteiger partial charge in [-0.1, -0.05) is 50.0 Å². The summed E-state index contributed by atoms with van der Waals surface area (Å²) in [5.41, 5.74) is 2.24. The summed E-state index contributed by atoms with van der Waals surface area (Å²) in [5.74, 6) is 0. The summed E-state index contributed by atoms with van der Waals surface area (Å²) < 4.78 is 0. The fourth-order valence-corrected chi connectivity index (χ4v) is 3.71. The highest BCUT2D eigenvalue weighted by atomic mass is 28.3. The van der Waals surface area contributed by atoms with Crippen LogP contribution < -0.4 is 5.32 Å². The van der Waals surface area contributed by atoms with Gasteiger partial charge in [0, 0.05) is 11.7 Å². The fourth-order valence-electron chi connectivity index (χ4n) is 1.84. The van der Waals surface area contributed by atoms with Gasteiger partial charge in [-0.05, 0) is 5.56 Å². The fraction of sp³-hybridized carbons (Fsp3) is 0.455. The Bertz CT molecular complexity index is 289.